The summed E-state index contributed by atoms with van der Waals surface area (Å²) in [6.45, 7) is 0.842. The number of rotatable bonds is 9. The molecule has 0 aromatic heterocycles. The second-order valence-electron chi connectivity index (χ2n) is 4.27. The van der Waals surface area contributed by atoms with Crippen molar-refractivity contribution in [3.63, 3.8) is 0 Å². The molecular weight excluding hydrogens is 270 g/mol. The first-order valence-corrected chi connectivity index (χ1v) is 10.1. The highest BCUT2D eigenvalue weighted by Gasteiger charge is 2.15. The Morgan fingerprint density at radius 2 is 2.29 bits per heavy atom. The minimum absolute atomic E-state index is 0.236. The number of thioether (sulfide) groups is 1. The number of carbonyl (C=O) groups is 1. The fourth-order valence-electron chi connectivity index (χ4n) is 1.75. The molecule has 1 aliphatic heterocycles. The fraction of sp³-hybridized carbons (Fsp3) is 0.917. The summed E-state index contributed by atoms with van der Waals surface area (Å²) in [4.78, 5) is 11.5. The topological polar surface area (TPSA) is 29.1 Å². The van der Waals surface area contributed by atoms with E-state index in [4.69, 9.17) is 0 Å². The van der Waals surface area contributed by atoms with Crippen LogP contribution in [0.15, 0.2) is 0 Å². The van der Waals surface area contributed by atoms with Gasteiger partial charge < -0.3 is 5.32 Å². The number of unbranched alkanes of at least 4 members (excludes halogenated alkanes) is 1. The van der Waals surface area contributed by atoms with E-state index in [-0.39, 0.29) is 5.91 Å². The fourth-order valence-corrected chi connectivity index (χ4v) is 5.22. The van der Waals surface area contributed by atoms with Crippen LogP contribution in [0.1, 0.15) is 38.5 Å². The Balaban J connectivity index is 1.85. The standard InChI is InChI=1S/C12H23NOS3/c1-15-9-4-8-13-12(14)6-3-2-5-11-7-10-16-17-11/h11H,2-10H2,1H3,(H,13,14). The van der Waals surface area contributed by atoms with E-state index in [1.165, 1.54) is 25.0 Å². The first kappa shape index (κ1) is 15.6. The van der Waals surface area contributed by atoms with Gasteiger partial charge in [-0.3, -0.25) is 4.79 Å². The molecule has 1 amide bonds. The maximum absolute atomic E-state index is 11.5. The van der Waals surface area contributed by atoms with Gasteiger partial charge in [0.2, 0.25) is 5.91 Å². The van der Waals surface area contributed by atoms with E-state index >= 15 is 0 Å². The summed E-state index contributed by atoms with van der Waals surface area (Å²) >= 11 is 1.83. The molecule has 1 N–H and O–H groups in total. The summed E-state index contributed by atoms with van der Waals surface area (Å²) in [5.41, 5.74) is 0. The van der Waals surface area contributed by atoms with Crippen molar-refractivity contribution in [3.8, 4) is 0 Å². The van der Waals surface area contributed by atoms with Crippen LogP contribution in [-0.2, 0) is 4.79 Å². The smallest absolute Gasteiger partial charge is 0.219 e. The van der Waals surface area contributed by atoms with E-state index in [1.807, 2.05) is 33.3 Å². The van der Waals surface area contributed by atoms with Gasteiger partial charge >= 0.3 is 0 Å². The predicted molar refractivity (Wildman–Crippen MR) is 82.9 cm³/mol. The van der Waals surface area contributed by atoms with Gasteiger partial charge in [0.1, 0.15) is 0 Å². The van der Waals surface area contributed by atoms with Crippen molar-refractivity contribution in [2.24, 2.45) is 0 Å². The normalized spacial score (nSPS) is 19.5. The number of hydrogen-bond donors (Lipinski definition) is 1. The number of nitrogens with one attached hydrogen (secondary N) is 1. The molecule has 0 aromatic rings. The van der Waals surface area contributed by atoms with Crippen LogP contribution in [0.2, 0.25) is 0 Å². The van der Waals surface area contributed by atoms with Crippen LogP contribution in [0.4, 0.5) is 0 Å². The zero-order chi connectivity index (χ0) is 12.3. The van der Waals surface area contributed by atoms with Crippen LogP contribution < -0.4 is 5.32 Å². The van der Waals surface area contributed by atoms with Crippen LogP contribution in [-0.4, -0.2) is 35.5 Å². The zero-order valence-electron chi connectivity index (χ0n) is 10.6. The van der Waals surface area contributed by atoms with E-state index in [9.17, 15) is 4.79 Å². The highest BCUT2D eigenvalue weighted by molar-refractivity contribution is 8.77. The van der Waals surface area contributed by atoms with E-state index in [0.717, 1.165) is 30.4 Å². The minimum Gasteiger partial charge on any atom is -0.356 e. The van der Waals surface area contributed by atoms with Crippen LogP contribution in [0.5, 0.6) is 0 Å². The van der Waals surface area contributed by atoms with E-state index in [1.54, 1.807) is 0 Å². The SMILES string of the molecule is CSCCCNC(=O)CCCCC1CCSS1. The van der Waals surface area contributed by atoms with E-state index < -0.39 is 0 Å². The van der Waals surface area contributed by atoms with Gasteiger partial charge in [0.05, 0.1) is 0 Å². The lowest BCUT2D eigenvalue weighted by molar-refractivity contribution is -0.121. The zero-order valence-corrected chi connectivity index (χ0v) is 13.0. The molecule has 1 atom stereocenters. The lowest BCUT2D eigenvalue weighted by Gasteiger charge is -2.07. The lowest BCUT2D eigenvalue weighted by Crippen LogP contribution is -2.24. The third-order valence-electron chi connectivity index (χ3n) is 2.75. The minimum atomic E-state index is 0.236. The van der Waals surface area contributed by atoms with Crippen molar-refractivity contribution in [2.75, 3.05) is 24.3 Å². The van der Waals surface area contributed by atoms with Crippen LogP contribution in [0.25, 0.3) is 0 Å². The molecule has 0 aromatic carbocycles. The third-order valence-corrected chi connectivity index (χ3v) is 6.46. The molecule has 2 nitrogen and oxygen atoms in total. The van der Waals surface area contributed by atoms with Gasteiger partial charge in [0.25, 0.3) is 0 Å². The van der Waals surface area contributed by atoms with Crippen molar-refractivity contribution in [1.29, 1.82) is 0 Å². The summed E-state index contributed by atoms with van der Waals surface area (Å²) in [5, 5.41) is 3.84. The summed E-state index contributed by atoms with van der Waals surface area (Å²) in [6.07, 6.45) is 8.80. The third kappa shape index (κ3) is 8.27. The van der Waals surface area contributed by atoms with Crippen molar-refractivity contribution >= 4 is 39.3 Å². The van der Waals surface area contributed by atoms with E-state index in [2.05, 4.69) is 11.6 Å². The monoisotopic (exact) mass is 293 g/mol. The molecule has 1 unspecified atom stereocenters. The highest BCUT2D eigenvalue weighted by Crippen LogP contribution is 2.39. The summed E-state index contributed by atoms with van der Waals surface area (Å²) in [7, 11) is 4.03. The maximum Gasteiger partial charge on any atom is 0.219 e. The predicted octanol–water partition coefficient (Wildman–Crippen LogP) is 3.57. The molecule has 1 heterocycles. The first-order chi connectivity index (χ1) is 8.33. The Labute approximate surface area is 117 Å². The molecule has 0 radical (unpaired) electrons. The summed E-state index contributed by atoms with van der Waals surface area (Å²) < 4.78 is 0. The number of amides is 1. The average Bonchev–Trinajstić information content (AvgIpc) is 2.83. The summed E-state index contributed by atoms with van der Waals surface area (Å²) in [6, 6.07) is 0. The quantitative estimate of drug-likeness (QED) is 0.520. The molecule has 1 rings (SSSR count). The Morgan fingerprint density at radius 3 is 3.00 bits per heavy atom. The summed E-state index contributed by atoms with van der Waals surface area (Å²) in [5.74, 6) is 2.68. The average molecular weight is 294 g/mol. The van der Waals surface area contributed by atoms with Crippen LogP contribution in [0.3, 0.4) is 0 Å². The lowest BCUT2D eigenvalue weighted by atomic mass is 10.1. The van der Waals surface area contributed by atoms with Crippen LogP contribution in [0, 0.1) is 0 Å². The molecule has 0 aliphatic carbocycles. The molecule has 1 saturated heterocycles. The molecule has 5 heteroatoms. The van der Waals surface area contributed by atoms with Gasteiger partial charge in [-0.2, -0.15) is 11.8 Å². The molecule has 17 heavy (non-hydrogen) atoms. The number of carbonyl (C=O) groups excluding carboxylic acids is 1. The van der Waals surface area contributed by atoms with Gasteiger partial charge in [-0.05, 0) is 37.7 Å². The maximum atomic E-state index is 11.5. The van der Waals surface area contributed by atoms with Gasteiger partial charge in [-0.1, -0.05) is 28.0 Å². The second kappa shape index (κ2) is 10.4. The van der Waals surface area contributed by atoms with Gasteiger partial charge in [0, 0.05) is 24.0 Å². The van der Waals surface area contributed by atoms with Crippen molar-refractivity contribution in [1.82, 2.24) is 5.32 Å². The van der Waals surface area contributed by atoms with Crippen molar-refractivity contribution < 1.29 is 4.79 Å². The molecule has 1 aliphatic rings. The molecule has 0 bridgehead atoms. The molecular formula is C12H23NOS3. The molecule has 0 spiro atoms. The molecule has 1 fully saturated rings. The number of hydrogen-bond acceptors (Lipinski definition) is 4. The molecule has 100 valence electrons. The van der Waals surface area contributed by atoms with Gasteiger partial charge in [-0.15, -0.1) is 0 Å². The van der Waals surface area contributed by atoms with E-state index in [0.29, 0.717) is 6.42 Å². The second-order valence-corrected chi connectivity index (χ2v) is 8.04. The Kier molecular flexibility index (Phi) is 9.57. The Bertz CT molecular complexity index is 208. The largest absolute Gasteiger partial charge is 0.356 e. The van der Waals surface area contributed by atoms with Gasteiger partial charge in [0.15, 0.2) is 0 Å². The van der Waals surface area contributed by atoms with Crippen molar-refractivity contribution in [3.05, 3.63) is 0 Å². The van der Waals surface area contributed by atoms with Crippen LogP contribution >= 0.6 is 33.3 Å². The molecule has 0 saturated carbocycles. The first-order valence-electron chi connectivity index (χ1n) is 6.37. The van der Waals surface area contributed by atoms with Gasteiger partial charge in [-0.25, -0.2) is 0 Å². The highest BCUT2D eigenvalue weighted by atomic mass is 33.1. The Morgan fingerprint density at radius 1 is 1.41 bits per heavy atom. The Hall–Kier alpha value is 0.520. The van der Waals surface area contributed by atoms with Crippen molar-refractivity contribution in [2.45, 2.75) is 43.8 Å².